The van der Waals surface area contributed by atoms with Crippen molar-refractivity contribution in [1.82, 2.24) is 10.3 Å². The summed E-state index contributed by atoms with van der Waals surface area (Å²) >= 11 is 0. The molecule has 0 spiro atoms. The van der Waals surface area contributed by atoms with Gasteiger partial charge in [-0.05, 0) is 38.3 Å². The molecule has 0 radical (unpaired) electrons. The molecule has 2 N–H and O–H groups in total. The Morgan fingerprint density at radius 3 is 2.62 bits per heavy atom. The lowest BCUT2D eigenvalue weighted by Crippen LogP contribution is -2.36. The lowest BCUT2D eigenvalue weighted by Gasteiger charge is -2.14. The molecule has 0 fully saturated rings. The number of aromatic nitrogens is 1. The first-order chi connectivity index (χ1) is 9.99. The largest absolute Gasteiger partial charge is 0.349 e. The molecule has 0 saturated heterocycles. The van der Waals surface area contributed by atoms with Crippen LogP contribution >= 0.6 is 0 Å². The molecule has 118 valence electrons. The van der Waals surface area contributed by atoms with E-state index in [1.807, 2.05) is 13.8 Å². The van der Waals surface area contributed by atoms with Crippen LogP contribution in [0.5, 0.6) is 0 Å². The molecule has 21 heavy (non-hydrogen) atoms. The van der Waals surface area contributed by atoms with E-state index in [1.54, 1.807) is 6.07 Å². The molecule has 1 amide bonds. The van der Waals surface area contributed by atoms with E-state index in [0.29, 0.717) is 0 Å². The Hall–Kier alpha value is -1.58. The number of hydrogen-bond acceptors (Lipinski definition) is 2. The van der Waals surface area contributed by atoms with Crippen molar-refractivity contribution in [2.45, 2.75) is 72.3 Å². The van der Waals surface area contributed by atoms with Gasteiger partial charge in [-0.2, -0.15) is 0 Å². The van der Waals surface area contributed by atoms with Gasteiger partial charge in [0.25, 0.3) is 11.5 Å². The van der Waals surface area contributed by atoms with Crippen molar-refractivity contribution in [3.8, 4) is 0 Å². The summed E-state index contributed by atoms with van der Waals surface area (Å²) in [4.78, 5) is 27.0. The molecule has 4 heteroatoms. The van der Waals surface area contributed by atoms with Gasteiger partial charge >= 0.3 is 0 Å². The summed E-state index contributed by atoms with van der Waals surface area (Å²) in [6, 6.07) is 1.84. The van der Waals surface area contributed by atoms with E-state index >= 15 is 0 Å². The first-order valence-electron chi connectivity index (χ1n) is 8.03. The maximum absolute atomic E-state index is 12.2. The summed E-state index contributed by atoms with van der Waals surface area (Å²) in [5.74, 6) is -0.266. The highest BCUT2D eigenvalue weighted by Gasteiger charge is 2.15. The van der Waals surface area contributed by atoms with Gasteiger partial charge in [0, 0.05) is 11.7 Å². The van der Waals surface area contributed by atoms with Crippen molar-refractivity contribution in [2.75, 3.05) is 0 Å². The molecule has 0 unspecified atom stereocenters. The maximum Gasteiger partial charge on any atom is 0.261 e. The van der Waals surface area contributed by atoms with Gasteiger partial charge in [-0.15, -0.1) is 0 Å². The van der Waals surface area contributed by atoms with Crippen molar-refractivity contribution >= 4 is 5.91 Å². The van der Waals surface area contributed by atoms with E-state index in [4.69, 9.17) is 0 Å². The second kappa shape index (κ2) is 8.65. The van der Waals surface area contributed by atoms with Gasteiger partial charge < -0.3 is 10.3 Å². The quantitative estimate of drug-likeness (QED) is 0.722. The van der Waals surface area contributed by atoms with E-state index in [2.05, 4.69) is 24.1 Å². The van der Waals surface area contributed by atoms with E-state index in [9.17, 15) is 9.59 Å². The van der Waals surface area contributed by atoms with Crippen LogP contribution < -0.4 is 10.9 Å². The highest BCUT2D eigenvalue weighted by atomic mass is 16.2. The standard InChI is InChI=1S/C17H28N2O2/c1-5-7-8-10-12(3)18-16(20)15-11-14(9-6-2)13(4)19-17(15)21/h11-12H,5-10H2,1-4H3,(H,18,20)(H,19,21)/t12-/m1/s1. The number of aryl methyl sites for hydroxylation is 2. The first-order valence-corrected chi connectivity index (χ1v) is 8.03. The molecule has 4 nitrogen and oxygen atoms in total. The van der Waals surface area contributed by atoms with Crippen molar-refractivity contribution in [2.24, 2.45) is 0 Å². The van der Waals surface area contributed by atoms with Crippen molar-refractivity contribution in [3.05, 3.63) is 33.2 Å². The molecule has 0 saturated carbocycles. The molecule has 0 aromatic carbocycles. The summed E-state index contributed by atoms with van der Waals surface area (Å²) < 4.78 is 0. The van der Waals surface area contributed by atoms with Gasteiger partial charge in [0.2, 0.25) is 0 Å². The SMILES string of the molecule is CCCCC[C@@H](C)NC(=O)c1cc(CCC)c(C)[nH]c1=O. The number of carbonyl (C=O) groups excluding carboxylic acids is 1. The van der Waals surface area contributed by atoms with Crippen molar-refractivity contribution in [3.63, 3.8) is 0 Å². The predicted molar refractivity (Wildman–Crippen MR) is 86.9 cm³/mol. The van der Waals surface area contributed by atoms with Crippen LogP contribution in [0.25, 0.3) is 0 Å². The number of amides is 1. The Labute approximate surface area is 127 Å². The number of rotatable bonds is 8. The van der Waals surface area contributed by atoms with Crippen LogP contribution in [0.1, 0.15) is 74.5 Å². The van der Waals surface area contributed by atoms with Crippen LogP contribution in [-0.4, -0.2) is 16.9 Å². The van der Waals surface area contributed by atoms with E-state index in [0.717, 1.165) is 36.9 Å². The molecular weight excluding hydrogens is 264 g/mol. The number of H-pyrrole nitrogens is 1. The fourth-order valence-electron chi connectivity index (χ4n) is 2.44. The summed E-state index contributed by atoms with van der Waals surface area (Å²) in [5, 5.41) is 2.93. The molecule has 0 aliphatic heterocycles. The van der Waals surface area contributed by atoms with Gasteiger partial charge in [0.15, 0.2) is 0 Å². The number of carbonyl (C=O) groups is 1. The number of pyridine rings is 1. The average Bonchev–Trinajstić information content (AvgIpc) is 2.42. The zero-order valence-electron chi connectivity index (χ0n) is 13.7. The van der Waals surface area contributed by atoms with Crippen LogP contribution in [0, 0.1) is 6.92 Å². The molecule has 0 aliphatic carbocycles. The fourth-order valence-corrected chi connectivity index (χ4v) is 2.44. The van der Waals surface area contributed by atoms with E-state index < -0.39 is 0 Å². The normalized spacial score (nSPS) is 12.2. The average molecular weight is 292 g/mol. The zero-order chi connectivity index (χ0) is 15.8. The Kier molecular flexibility index (Phi) is 7.20. The topological polar surface area (TPSA) is 62.0 Å². The third-order valence-corrected chi connectivity index (χ3v) is 3.73. The molecule has 0 aliphatic rings. The molecule has 1 rings (SSSR count). The lowest BCUT2D eigenvalue weighted by atomic mass is 10.1. The Balaban J connectivity index is 2.77. The predicted octanol–water partition coefficient (Wildman–Crippen LogP) is 3.33. The number of nitrogens with one attached hydrogen (secondary N) is 2. The molecule has 0 bridgehead atoms. The molecule has 1 aromatic heterocycles. The van der Waals surface area contributed by atoms with Crippen LogP contribution in [0.4, 0.5) is 0 Å². The van der Waals surface area contributed by atoms with Gasteiger partial charge in [-0.3, -0.25) is 9.59 Å². The molecular formula is C17H28N2O2. The number of hydrogen-bond donors (Lipinski definition) is 2. The van der Waals surface area contributed by atoms with Gasteiger partial charge in [0.05, 0.1) is 0 Å². The van der Waals surface area contributed by atoms with Crippen molar-refractivity contribution in [1.29, 1.82) is 0 Å². The van der Waals surface area contributed by atoms with Gasteiger partial charge in [-0.1, -0.05) is 39.5 Å². The molecule has 1 heterocycles. The third-order valence-electron chi connectivity index (χ3n) is 3.73. The first kappa shape index (κ1) is 17.5. The third kappa shape index (κ3) is 5.37. The van der Waals surface area contributed by atoms with E-state index in [-0.39, 0.29) is 23.1 Å². The Morgan fingerprint density at radius 1 is 1.29 bits per heavy atom. The fraction of sp³-hybridized carbons (Fsp3) is 0.647. The van der Waals surface area contributed by atoms with Crippen LogP contribution in [-0.2, 0) is 6.42 Å². The highest BCUT2D eigenvalue weighted by molar-refractivity contribution is 5.94. The van der Waals surface area contributed by atoms with Gasteiger partial charge in [0.1, 0.15) is 5.56 Å². The molecule has 1 aromatic rings. The Morgan fingerprint density at radius 2 is 2.00 bits per heavy atom. The lowest BCUT2D eigenvalue weighted by molar-refractivity contribution is 0.0936. The van der Waals surface area contributed by atoms with Crippen LogP contribution in [0.15, 0.2) is 10.9 Å². The minimum Gasteiger partial charge on any atom is -0.349 e. The maximum atomic E-state index is 12.2. The highest BCUT2D eigenvalue weighted by Crippen LogP contribution is 2.09. The minimum absolute atomic E-state index is 0.0966. The minimum atomic E-state index is -0.300. The van der Waals surface area contributed by atoms with E-state index in [1.165, 1.54) is 12.8 Å². The Bertz CT molecular complexity index is 520. The summed E-state index contributed by atoms with van der Waals surface area (Å²) in [7, 11) is 0. The number of aromatic amines is 1. The second-order valence-electron chi connectivity index (χ2n) is 5.78. The van der Waals surface area contributed by atoms with Crippen molar-refractivity contribution < 1.29 is 4.79 Å². The van der Waals surface area contributed by atoms with Crippen LogP contribution in [0.2, 0.25) is 0 Å². The zero-order valence-corrected chi connectivity index (χ0v) is 13.7. The summed E-state index contributed by atoms with van der Waals surface area (Å²) in [6.45, 7) is 8.11. The summed E-state index contributed by atoms with van der Waals surface area (Å²) in [5.41, 5.74) is 1.83. The smallest absolute Gasteiger partial charge is 0.261 e. The van der Waals surface area contributed by atoms with Crippen LogP contribution in [0.3, 0.4) is 0 Å². The number of unbranched alkanes of at least 4 members (excludes halogenated alkanes) is 2. The summed E-state index contributed by atoms with van der Waals surface area (Å²) in [6.07, 6.45) is 6.25. The molecule has 1 atom stereocenters. The van der Waals surface area contributed by atoms with Gasteiger partial charge in [-0.25, -0.2) is 0 Å². The second-order valence-corrected chi connectivity index (χ2v) is 5.78. The monoisotopic (exact) mass is 292 g/mol.